The Bertz CT molecular complexity index is 563. The summed E-state index contributed by atoms with van der Waals surface area (Å²) in [5, 5.41) is 10.1. The summed E-state index contributed by atoms with van der Waals surface area (Å²) in [5.74, 6) is -0.132. The van der Waals surface area contributed by atoms with Gasteiger partial charge in [0.05, 0.1) is 18.8 Å². The van der Waals surface area contributed by atoms with Crippen LogP contribution in [0.4, 0.5) is 0 Å². The molecule has 0 saturated carbocycles. The molecule has 1 aromatic rings. The van der Waals surface area contributed by atoms with E-state index in [2.05, 4.69) is 0 Å². The molecular weight excluding hydrogens is 320 g/mol. The monoisotopic (exact) mass is 348 g/mol. The minimum atomic E-state index is -0.987. The third-order valence-corrected chi connectivity index (χ3v) is 4.06. The predicted molar refractivity (Wildman–Crippen MR) is 94.8 cm³/mol. The van der Waals surface area contributed by atoms with E-state index in [1.54, 1.807) is 23.6 Å². The fourth-order valence-electron chi connectivity index (χ4n) is 2.85. The average molecular weight is 348 g/mol. The van der Waals surface area contributed by atoms with Crippen LogP contribution in [0.5, 0.6) is 0 Å². The molecular formula is C19H28N2O4. The zero-order valence-corrected chi connectivity index (χ0v) is 15.1. The molecule has 138 valence electrons. The minimum absolute atomic E-state index is 0.0143. The second kappa shape index (κ2) is 8.97. The van der Waals surface area contributed by atoms with Crippen molar-refractivity contribution in [2.45, 2.75) is 38.8 Å². The fourth-order valence-corrected chi connectivity index (χ4v) is 2.85. The average Bonchev–Trinajstić information content (AvgIpc) is 2.59. The molecule has 1 heterocycles. The summed E-state index contributed by atoms with van der Waals surface area (Å²) < 4.78 is 5.24. The molecule has 1 aromatic carbocycles. The number of rotatable bonds is 7. The first kappa shape index (κ1) is 19.4. The highest BCUT2D eigenvalue weighted by molar-refractivity contribution is 5.84. The molecule has 0 spiro atoms. The van der Waals surface area contributed by atoms with Crippen LogP contribution >= 0.6 is 0 Å². The lowest BCUT2D eigenvalue weighted by atomic mass is 10.1. The highest BCUT2D eigenvalue weighted by atomic mass is 16.5. The van der Waals surface area contributed by atoms with Gasteiger partial charge >= 0.3 is 0 Å². The summed E-state index contributed by atoms with van der Waals surface area (Å²) in [6.07, 6.45) is 0.342. The van der Waals surface area contributed by atoms with Crippen LogP contribution in [0.15, 0.2) is 30.3 Å². The lowest BCUT2D eigenvalue weighted by Gasteiger charge is -2.30. The van der Waals surface area contributed by atoms with Crippen molar-refractivity contribution in [2.24, 2.45) is 0 Å². The van der Waals surface area contributed by atoms with Crippen molar-refractivity contribution in [3.63, 3.8) is 0 Å². The number of carbonyl (C=O) groups excluding carboxylic acids is 2. The van der Waals surface area contributed by atoms with Crippen LogP contribution in [-0.4, -0.2) is 65.2 Å². The number of morpholine rings is 1. The minimum Gasteiger partial charge on any atom is -0.389 e. The van der Waals surface area contributed by atoms with Crippen molar-refractivity contribution in [1.29, 1.82) is 0 Å². The van der Waals surface area contributed by atoms with Crippen LogP contribution in [-0.2, 0) is 20.9 Å². The molecule has 6 heteroatoms. The lowest BCUT2D eigenvalue weighted by molar-refractivity contribution is -0.140. The Hall–Kier alpha value is -1.92. The van der Waals surface area contributed by atoms with E-state index in [0.717, 1.165) is 5.56 Å². The third-order valence-electron chi connectivity index (χ3n) is 4.06. The van der Waals surface area contributed by atoms with Gasteiger partial charge in [0.25, 0.3) is 0 Å². The molecule has 6 nitrogen and oxygen atoms in total. The summed E-state index contributed by atoms with van der Waals surface area (Å²) in [5.41, 5.74) is 0.0122. The van der Waals surface area contributed by atoms with Crippen molar-refractivity contribution in [1.82, 2.24) is 9.80 Å². The van der Waals surface area contributed by atoms with Crippen LogP contribution in [0, 0.1) is 0 Å². The summed E-state index contributed by atoms with van der Waals surface area (Å²) in [4.78, 5) is 28.2. The molecule has 1 N–H and O–H groups in total. The molecule has 0 radical (unpaired) electrons. The largest absolute Gasteiger partial charge is 0.389 e. The van der Waals surface area contributed by atoms with Crippen LogP contribution < -0.4 is 0 Å². The first-order valence-electron chi connectivity index (χ1n) is 8.75. The second-order valence-corrected chi connectivity index (χ2v) is 7.04. The quantitative estimate of drug-likeness (QED) is 0.809. The smallest absolute Gasteiger partial charge is 0.223 e. The second-order valence-electron chi connectivity index (χ2n) is 7.04. The van der Waals surface area contributed by atoms with Crippen molar-refractivity contribution in [2.75, 3.05) is 32.8 Å². The van der Waals surface area contributed by atoms with E-state index >= 15 is 0 Å². The van der Waals surface area contributed by atoms with Gasteiger partial charge in [-0.25, -0.2) is 0 Å². The number of carbonyl (C=O) groups is 2. The molecule has 1 aliphatic rings. The highest BCUT2D eigenvalue weighted by Crippen LogP contribution is 2.13. The molecule has 0 aliphatic carbocycles. The van der Waals surface area contributed by atoms with E-state index in [1.165, 1.54) is 0 Å². The van der Waals surface area contributed by atoms with Gasteiger partial charge in [-0.3, -0.25) is 9.59 Å². The Balaban J connectivity index is 1.93. The highest BCUT2D eigenvalue weighted by Gasteiger charge is 2.24. The molecule has 1 saturated heterocycles. The number of aliphatic hydroxyl groups is 1. The Morgan fingerprint density at radius 2 is 1.80 bits per heavy atom. The van der Waals surface area contributed by atoms with Gasteiger partial charge in [0.2, 0.25) is 11.8 Å². The normalized spacial score (nSPS) is 15.1. The van der Waals surface area contributed by atoms with Crippen LogP contribution in [0.3, 0.4) is 0 Å². The zero-order valence-electron chi connectivity index (χ0n) is 15.1. The maximum absolute atomic E-state index is 12.6. The van der Waals surface area contributed by atoms with Crippen molar-refractivity contribution >= 4 is 11.8 Å². The van der Waals surface area contributed by atoms with Gasteiger partial charge in [0, 0.05) is 39.0 Å². The molecule has 2 rings (SSSR count). The molecule has 1 fully saturated rings. The Kier molecular flexibility index (Phi) is 6.96. The number of hydrogen-bond acceptors (Lipinski definition) is 4. The van der Waals surface area contributed by atoms with Gasteiger partial charge in [-0.15, -0.1) is 0 Å². The van der Waals surface area contributed by atoms with Crippen LogP contribution in [0.2, 0.25) is 0 Å². The maximum Gasteiger partial charge on any atom is 0.223 e. The number of nitrogens with zero attached hydrogens (tertiary/aromatic N) is 2. The third kappa shape index (κ3) is 6.84. The number of benzene rings is 1. The van der Waals surface area contributed by atoms with Gasteiger partial charge in [0.15, 0.2) is 0 Å². The number of hydrogen-bond donors (Lipinski definition) is 1. The molecule has 0 aromatic heterocycles. The van der Waals surface area contributed by atoms with Crippen LogP contribution in [0.1, 0.15) is 32.3 Å². The van der Waals surface area contributed by atoms with Gasteiger partial charge in [-0.05, 0) is 19.4 Å². The summed E-state index contributed by atoms with van der Waals surface area (Å²) in [7, 11) is 0. The molecule has 25 heavy (non-hydrogen) atoms. The predicted octanol–water partition coefficient (Wildman–Crippen LogP) is 1.43. The topological polar surface area (TPSA) is 70.1 Å². The zero-order chi connectivity index (χ0) is 18.3. The van der Waals surface area contributed by atoms with E-state index in [0.29, 0.717) is 32.8 Å². The molecule has 0 atom stereocenters. The lowest BCUT2D eigenvalue weighted by Crippen LogP contribution is -2.43. The van der Waals surface area contributed by atoms with Crippen molar-refractivity contribution < 1.29 is 19.4 Å². The summed E-state index contributed by atoms with van der Waals surface area (Å²) in [6, 6.07) is 9.66. The van der Waals surface area contributed by atoms with E-state index < -0.39 is 5.60 Å². The standard InChI is InChI=1S/C19H28N2O4/c1-19(2,24)15-21(14-16-6-4-3-5-7-16)18(23)9-8-17(22)20-10-12-25-13-11-20/h3-7,24H,8-15H2,1-2H3. The first-order chi connectivity index (χ1) is 11.8. The number of ether oxygens (including phenoxy) is 1. The molecule has 2 amide bonds. The Morgan fingerprint density at radius 1 is 1.16 bits per heavy atom. The fraction of sp³-hybridized carbons (Fsp3) is 0.579. The summed E-state index contributed by atoms with van der Waals surface area (Å²) >= 11 is 0. The van der Waals surface area contributed by atoms with Gasteiger partial charge in [-0.2, -0.15) is 0 Å². The van der Waals surface area contributed by atoms with Gasteiger partial charge in [0.1, 0.15) is 0 Å². The van der Waals surface area contributed by atoms with E-state index in [1.807, 2.05) is 30.3 Å². The first-order valence-corrected chi connectivity index (χ1v) is 8.75. The van der Waals surface area contributed by atoms with Gasteiger partial charge < -0.3 is 19.6 Å². The van der Waals surface area contributed by atoms with E-state index in [9.17, 15) is 14.7 Å². The Morgan fingerprint density at radius 3 is 2.40 bits per heavy atom. The summed E-state index contributed by atoms with van der Waals surface area (Å²) in [6.45, 7) is 6.29. The number of amides is 2. The SMILES string of the molecule is CC(C)(O)CN(Cc1ccccc1)C(=O)CCC(=O)N1CCOCC1. The molecule has 1 aliphatic heterocycles. The van der Waals surface area contributed by atoms with Crippen molar-refractivity contribution in [3.05, 3.63) is 35.9 Å². The van der Waals surface area contributed by atoms with Crippen molar-refractivity contribution in [3.8, 4) is 0 Å². The molecule has 0 unspecified atom stereocenters. The van der Waals surface area contributed by atoms with Gasteiger partial charge in [-0.1, -0.05) is 30.3 Å². The molecule has 0 bridgehead atoms. The maximum atomic E-state index is 12.6. The van der Waals surface area contributed by atoms with E-state index in [-0.39, 0.29) is 31.2 Å². The Labute approximate surface area is 149 Å². The van der Waals surface area contributed by atoms with E-state index in [4.69, 9.17) is 4.74 Å². The van der Waals surface area contributed by atoms with Crippen LogP contribution in [0.25, 0.3) is 0 Å².